The number of alkyl halides is 3. The normalized spacial score (nSPS) is 15.6. The zero-order valence-electron chi connectivity index (χ0n) is 22.0. The van der Waals surface area contributed by atoms with E-state index >= 15 is 0 Å². The highest BCUT2D eigenvalue weighted by Crippen LogP contribution is 2.40. The van der Waals surface area contributed by atoms with E-state index in [1.165, 1.54) is 6.08 Å². The number of allylic oxidation sites excluding steroid dienone is 3. The van der Waals surface area contributed by atoms with Crippen molar-refractivity contribution in [1.29, 1.82) is 0 Å². The molecule has 0 fully saturated rings. The highest BCUT2D eigenvalue weighted by molar-refractivity contribution is 8.15. The minimum Gasteiger partial charge on any atom is -0.387 e. The van der Waals surface area contributed by atoms with Gasteiger partial charge in [-0.3, -0.25) is 0 Å². The highest BCUT2D eigenvalue weighted by atomic mass is 32.2. The maximum absolute atomic E-state index is 14.6. The molecule has 0 amide bonds. The summed E-state index contributed by atoms with van der Waals surface area (Å²) in [6.45, 7) is 15.0. The molecule has 9 heteroatoms. The van der Waals surface area contributed by atoms with Crippen LogP contribution in [0, 0.1) is 10.8 Å². The second-order valence-electron chi connectivity index (χ2n) is 11.1. The van der Waals surface area contributed by atoms with Crippen molar-refractivity contribution in [2.45, 2.75) is 84.8 Å². The van der Waals surface area contributed by atoms with Crippen molar-refractivity contribution in [2.75, 3.05) is 12.5 Å². The number of amidine groups is 1. The van der Waals surface area contributed by atoms with Gasteiger partial charge in [-0.15, -0.1) is 0 Å². The summed E-state index contributed by atoms with van der Waals surface area (Å²) in [6.07, 6.45) is 3.46. The lowest BCUT2D eigenvalue weighted by Gasteiger charge is -2.32. The molecule has 0 aliphatic heterocycles. The van der Waals surface area contributed by atoms with E-state index in [9.17, 15) is 17.6 Å². The van der Waals surface area contributed by atoms with Crippen LogP contribution in [0.1, 0.15) is 79.7 Å². The molecule has 0 saturated carbocycles. The summed E-state index contributed by atoms with van der Waals surface area (Å²) < 4.78 is 55.0. The summed E-state index contributed by atoms with van der Waals surface area (Å²) in [5, 5.41) is 0.424. The topological polar surface area (TPSA) is 64.2 Å². The molecule has 0 unspecified atom stereocenters. The van der Waals surface area contributed by atoms with Gasteiger partial charge in [0.25, 0.3) is 0 Å². The quantitative estimate of drug-likeness (QED) is 0.0739. The Labute approximate surface area is 204 Å². The molecule has 4 nitrogen and oxygen atoms in total. The van der Waals surface area contributed by atoms with E-state index in [-0.39, 0.29) is 11.7 Å². The predicted molar refractivity (Wildman–Crippen MR) is 136 cm³/mol. The Balaban J connectivity index is 3.23. The van der Waals surface area contributed by atoms with Crippen molar-refractivity contribution in [3.63, 3.8) is 0 Å². The molecule has 0 aliphatic carbocycles. The van der Waals surface area contributed by atoms with Crippen molar-refractivity contribution in [2.24, 2.45) is 21.6 Å². The van der Waals surface area contributed by atoms with E-state index < -0.39 is 45.0 Å². The van der Waals surface area contributed by atoms with Crippen LogP contribution in [0.2, 0.25) is 0 Å². The van der Waals surface area contributed by atoms with Gasteiger partial charge in [-0.25, -0.2) is 25.9 Å². The monoisotopic (exact) mass is 504 g/mol. The zero-order chi connectivity index (χ0) is 26.7. The largest absolute Gasteiger partial charge is 0.433 e. The Morgan fingerprint density at radius 1 is 1.03 bits per heavy atom. The van der Waals surface area contributed by atoms with Crippen molar-refractivity contribution in [3.8, 4) is 0 Å². The van der Waals surface area contributed by atoms with E-state index in [0.717, 1.165) is 11.6 Å². The third kappa shape index (κ3) is 8.40. The third-order valence-corrected chi connectivity index (χ3v) is 6.95. The number of thiol groups is 1. The van der Waals surface area contributed by atoms with Gasteiger partial charge in [0, 0.05) is 10.8 Å². The SMILES string of the molecule is C\C=C(/C=C(F)\N=C(/N)C(C)(C)C)C(C)(C)CCC(C)(C)c1nc([SH](C)C)cc(C(F)(F)F)n1. The molecule has 0 aliphatic rings. The van der Waals surface area contributed by atoms with Crippen LogP contribution in [-0.2, 0) is 11.6 Å². The van der Waals surface area contributed by atoms with Crippen molar-refractivity contribution in [3.05, 3.63) is 41.3 Å². The molecule has 0 atom stereocenters. The van der Waals surface area contributed by atoms with Gasteiger partial charge in [0.05, 0.1) is 5.03 Å². The second kappa shape index (κ2) is 10.8. The molecular formula is C25H40F4N4S. The lowest BCUT2D eigenvalue weighted by molar-refractivity contribution is -0.141. The van der Waals surface area contributed by atoms with E-state index in [4.69, 9.17) is 5.73 Å². The summed E-state index contributed by atoms with van der Waals surface area (Å²) in [7, 11) is -0.825. The fourth-order valence-electron chi connectivity index (χ4n) is 3.11. The van der Waals surface area contributed by atoms with Crippen LogP contribution < -0.4 is 5.73 Å². The van der Waals surface area contributed by atoms with Crippen LogP contribution in [-0.4, -0.2) is 28.3 Å². The van der Waals surface area contributed by atoms with Gasteiger partial charge >= 0.3 is 6.18 Å². The Bertz CT molecular complexity index is 953. The Hall–Kier alpha value is -1.90. The molecule has 1 aromatic heterocycles. The summed E-state index contributed by atoms with van der Waals surface area (Å²) in [5.74, 6) is -0.312. The number of aliphatic imine (C=N–C) groups is 1. The molecule has 1 heterocycles. The Morgan fingerprint density at radius 2 is 1.59 bits per heavy atom. The Morgan fingerprint density at radius 3 is 2.03 bits per heavy atom. The number of nitrogens with two attached hydrogens (primary N) is 1. The predicted octanol–water partition coefficient (Wildman–Crippen LogP) is 7.36. The fraction of sp³-hybridized carbons (Fsp3) is 0.640. The Kier molecular flexibility index (Phi) is 9.56. The van der Waals surface area contributed by atoms with Gasteiger partial charge in [0.15, 0.2) is 0 Å². The van der Waals surface area contributed by atoms with E-state index in [1.54, 1.807) is 0 Å². The lowest BCUT2D eigenvalue weighted by Crippen LogP contribution is -2.28. The molecular weight excluding hydrogens is 464 g/mol. The smallest absolute Gasteiger partial charge is 0.387 e. The minimum atomic E-state index is -4.54. The molecule has 0 saturated heterocycles. The van der Waals surface area contributed by atoms with Gasteiger partial charge in [-0.1, -0.05) is 54.5 Å². The van der Waals surface area contributed by atoms with Gasteiger partial charge in [-0.05, 0) is 55.4 Å². The molecule has 1 rings (SSSR count). The maximum atomic E-state index is 14.6. The standard InChI is InChI=1S/C25H40F4N4S/c1-11-16(14-18(26)32-20(30)22(2,3)4)23(5,6)12-13-24(7,8)21-31-17(25(27,28)29)15-19(33-21)34(9)10/h11,14-15,34H,12-13H2,1-10H3,(H2,30,32)/b16-11+,18-14-. The molecule has 0 radical (unpaired) electrons. The van der Waals surface area contributed by atoms with E-state index in [2.05, 4.69) is 15.0 Å². The summed E-state index contributed by atoms with van der Waals surface area (Å²) in [5.41, 5.74) is 4.06. The van der Waals surface area contributed by atoms with Crippen molar-refractivity contribution >= 4 is 16.7 Å². The number of hydrogen-bond donors (Lipinski definition) is 2. The average Bonchev–Trinajstić information content (AvgIpc) is 2.68. The first-order chi connectivity index (χ1) is 15.2. The number of hydrogen-bond acceptors (Lipinski definition) is 3. The van der Waals surface area contributed by atoms with Crippen LogP contribution in [0.15, 0.2) is 39.8 Å². The number of nitrogens with zero attached hydrogens (tertiary/aromatic N) is 3. The molecule has 0 spiro atoms. The molecule has 0 aromatic carbocycles. The highest BCUT2D eigenvalue weighted by Gasteiger charge is 2.36. The van der Waals surface area contributed by atoms with Gasteiger partial charge in [-0.2, -0.15) is 17.6 Å². The molecule has 0 bridgehead atoms. The molecule has 2 N–H and O–H groups in total. The van der Waals surface area contributed by atoms with Crippen LogP contribution in [0.3, 0.4) is 0 Å². The zero-order valence-corrected chi connectivity index (χ0v) is 22.9. The summed E-state index contributed by atoms with van der Waals surface area (Å²) >= 11 is 0. The second-order valence-corrected chi connectivity index (χ2v) is 13.3. The van der Waals surface area contributed by atoms with Crippen LogP contribution >= 0.6 is 10.9 Å². The van der Waals surface area contributed by atoms with Gasteiger partial charge in [0.1, 0.15) is 17.4 Å². The van der Waals surface area contributed by atoms with Crippen LogP contribution in [0.5, 0.6) is 0 Å². The van der Waals surface area contributed by atoms with Crippen molar-refractivity contribution < 1.29 is 17.6 Å². The molecule has 34 heavy (non-hydrogen) atoms. The van der Waals surface area contributed by atoms with Crippen molar-refractivity contribution in [1.82, 2.24) is 9.97 Å². The maximum Gasteiger partial charge on any atom is 0.433 e. The molecule has 194 valence electrons. The number of halogens is 4. The molecule has 1 aromatic rings. The fourth-order valence-corrected chi connectivity index (χ4v) is 3.78. The van der Waals surface area contributed by atoms with E-state index in [1.807, 2.05) is 74.0 Å². The summed E-state index contributed by atoms with van der Waals surface area (Å²) in [4.78, 5) is 12.3. The number of rotatable bonds is 8. The lowest BCUT2D eigenvalue weighted by atomic mass is 9.74. The third-order valence-electron chi connectivity index (χ3n) is 5.80. The minimum absolute atomic E-state index is 0.177. The van der Waals surface area contributed by atoms with Gasteiger partial charge < -0.3 is 5.73 Å². The summed E-state index contributed by atoms with van der Waals surface area (Å²) in [6, 6.07) is 1.05. The average molecular weight is 505 g/mol. The first-order valence-corrected chi connectivity index (χ1v) is 13.5. The van der Waals surface area contributed by atoms with Crippen LogP contribution in [0.4, 0.5) is 17.6 Å². The first-order valence-electron chi connectivity index (χ1n) is 11.2. The first kappa shape index (κ1) is 30.1. The number of aromatic nitrogens is 2. The van der Waals surface area contributed by atoms with Crippen LogP contribution in [0.25, 0.3) is 0 Å². The van der Waals surface area contributed by atoms with Gasteiger partial charge in [0.2, 0.25) is 5.95 Å². The van der Waals surface area contributed by atoms with E-state index in [0.29, 0.717) is 17.9 Å².